The molecule has 0 bridgehead atoms. The Labute approximate surface area is 132 Å². The number of halogens is 3. The molecular formula is C16H16ClF2NS. The van der Waals surface area contributed by atoms with E-state index in [0.717, 1.165) is 29.5 Å². The van der Waals surface area contributed by atoms with E-state index in [9.17, 15) is 8.78 Å². The van der Waals surface area contributed by atoms with Crippen LogP contribution in [-0.4, -0.2) is 6.54 Å². The van der Waals surface area contributed by atoms with Crippen LogP contribution >= 0.6 is 23.4 Å². The zero-order valence-corrected chi connectivity index (χ0v) is 13.2. The topological polar surface area (TPSA) is 12.0 Å². The molecule has 112 valence electrons. The number of hydrogen-bond acceptors (Lipinski definition) is 2. The van der Waals surface area contributed by atoms with Crippen molar-refractivity contribution in [3.05, 3.63) is 58.6 Å². The SMILES string of the molecule is CCCNCc1ccc(Sc2ccc(F)cc2F)cc1Cl. The fourth-order valence-electron chi connectivity index (χ4n) is 1.82. The molecule has 0 unspecified atom stereocenters. The molecule has 2 rings (SSSR count). The van der Waals surface area contributed by atoms with Gasteiger partial charge in [0, 0.05) is 27.4 Å². The van der Waals surface area contributed by atoms with Crippen molar-refractivity contribution in [3.8, 4) is 0 Å². The first-order valence-corrected chi connectivity index (χ1v) is 7.91. The summed E-state index contributed by atoms with van der Waals surface area (Å²) in [6.07, 6.45) is 1.06. The summed E-state index contributed by atoms with van der Waals surface area (Å²) in [5.74, 6) is -1.14. The molecule has 0 aromatic heterocycles. The van der Waals surface area contributed by atoms with Gasteiger partial charge in [-0.2, -0.15) is 0 Å². The molecule has 0 saturated carbocycles. The predicted molar refractivity (Wildman–Crippen MR) is 83.9 cm³/mol. The van der Waals surface area contributed by atoms with Crippen LogP contribution < -0.4 is 5.32 Å². The molecule has 21 heavy (non-hydrogen) atoms. The van der Waals surface area contributed by atoms with Crippen molar-refractivity contribution in [2.45, 2.75) is 29.7 Å². The third-order valence-corrected chi connectivity index (χ3v) is 4.28. The molecule has 5 heteroatoms. The Morgan fingerprint density at radius 2 is 1.95 bits per heavy atom. The van der Waals surface area contributed by atoms with Crippen LogP contribution in [0.2, 0.25) is 5.02 Å². The first kappa shape index (κ1) is 16.3. The maximum absolute atomic E-state index is 13.6. The van der Waals surface area contributed by atoms with E-state index >= 15 is 0 Å². The molecular weight excluding hydrogens is 312 g/mol. The minimum Gasteiger partial charge on any atom is -0.313 e. The van der Waals surface area contributed by atoms with Gasteiger partial charge in [-0.25, -0.2) is 8.78 Å². The van der Waals surface area contributed by atoms with Crippen molar-refractivity contribution in [2.75, 3.05) is 6.54 Å². The molecule has 0 saturated heterocycles. The van der Waals surface area contributed by atoms with Crippen molar-refractivity contribution in [2.24, 2.45) is 0 Å². The van der Waals surface area contributed by atoms with Gasteiger partial charge in [0.05, 0.1) is 0 Å². The fourth-order valence-corrected chi connectivity index (χ4v) is 2.99. The Bertz CT molecular complexity index is 619. The van der Waals surface area contributed by atoms with E-state index in [1.54, 1.807) is 6.07 Å². The monoisotopic (exact) mass is 327 g/mol. The van der Waals surface area contributed by atoms with Crippen LogP contribution in [0, 0.1) is 11.6 Å². The second-order valence-corrected chi connectivity index (χ2v) is 6.13. The van der Waals surface area contributed by atoms with Gasteiger partial charge in [-0.05, 0) is 42.8 Å². The molecule has 0 aliphatic carbocycles. The minimum atomic E-state index is -0.577. The van der Waals surface area contributed by atoms with Crippen LogP contribution in [0.25, 0.3) is 0 Å². The largest absolute Gasteiger partial charge is 0.313 e. The lowest BCUT2D eigenvalue weighted by Crippen LogP contribution is -2.13. The average Bonchev–Trinajstić information content (AvgIpc) is 2.44. The van der Waals surface area contributed by atoms with Crippen LogP contribution in [0.15, 0.2) is 46.2 Å². The summed E-state index contributed by atoms with van der Waals surface area (Å²) in [5, 5.41) is 3.93. The van der Waals surface area contributed by atoms with Crippen molar-refractivity contribution < 1.29 is 8.78 Å². The summed E-state index contributed by atoms with van der Waals surface area (Å²) in [6, 6.07) is 9.18. The molecule has 0 fully saturated rings. The molecule has 0 spiro atoms. The Morgan fingerprint density at radius 3 is 2.62 bits per heavy atom. The van der Waals surface area contributed by atoms with Crippen LogP contribution in [0.3, 0.4) is 0 Å². The Balaban J connectivity index is 2.09. The Morgan fingerprint density at radius 1 is 1.14 bits per heavy atom. The second kappa shape index (κ2) is 7.78. The molecule has 0 radical (unpaired) electrons. The zero-order valence-electron chi connectivity index (χ0n) is 11.6. The Hall–Kier alpha value is -1.10. The van der Waals surface area contributed by atoms with Crippen LogP contribution in [0.5, 0.6) is 0 Å². The van der Waals surface area contributed by atoms with Gasteiger partial charge in [0.25, 0.3) is 0 Å². The molecule has 1 N–H and O–H groups in total. The quantitative estimate of drug-likeness (QED) is 0.725. The second-order valence-electron chi connectivity index (χ2n) is 4.61. The summed E-state index contributed by atoms with van der Waals surface area (Å²) in [5.41, 5.74) is 1.01. The molecule has 2 aromatic carbocycles. The van der Waals surface area contributed by atoms with Gasteiger partial charge in [0.1, 0.15) is 11.6 Å². The third kappa shape index (κ3) is 4.70. The van der Waals surface area contributed by atoms with E-state index in [1.165, 1.54) is 23.9 Å². The van der Waals surface area contributed by atoms with Crippen molar-refractivity contribution in [3.63, 3.8) is 0 Å². The number of benzene rings is 2. The predicted octanol–water partition coefficient (Wildman–Crippen LogP) is 5.27. The minimum absolute atomic E-state index is 0.379. The summed E-state index contributed by atoms with van der Waals surface area (Å²) in [7, 11) is 0. The van der Waals surface area contributed by atoms with Gasteiger partial charge < -0.3 is 5.32 Å². The van der Waals surface area contributed by atoms with E-state index < -0.39 is 11.6 Å². The van der Waals surface area contributed by atoms with E-state index in [0.29, 0.717) is 16.5 Å². The molecule has 0 aliphatic rings. The summed E-state index contributed by atoms with van der Waals surface area (Å²) in [4.78, 5) is 1.20. The smallest absolute Gasteiger partial charge is 0.140 e. The van der Waals surface area contributed by atoms with Gasteiger partial charge in [-0.3, -0.25) is 0 Å². The van der Waals surface area contributed by atoms with Crippen LogP contribution in [0.1, 0.15) is 18.9 Å². The number of nitrogens with one attached hydrogen (secondary N) is 1. The molecule has 1 nitrogen and oxygen atoms in total. The van der Waals surface area contributed by atoms with Gasteiger partial charge in [-0.1, -0.05) is 36.4 Å². The van der Waals surface area contributed by atoms with Gasteiger partial charge in [0.15, 0.2) is 0 Å². The van der Waals surface area contributed by atoms with E-state index in [2.05, 4.69) is 12.2 Å². The summed E-state index contributed by atoms with van der Waals surface area (Å²) >= 11 is 7.46. The van der Waals surface area contributed by atoms with Gasteiger partial charge in [0.2, 0.25) is 0 Å². The lowest BCUT2D eigenvalue weighted by atomic mass is 10.2. The lowest BCUT2D eigenvalue weighted by molar-refractivity contribution is 0.565. The zero-order chi connectivity index (χ0) is 15.2. The molecule has 2 aromatic rings. The van der Waals surface area contributed by atoms with Crippen LogP contribution in [-0.2, 0) is 6.54 Å². The molecule has 0 heterocycles. The summed E-state index contributed by atoms with van der Waals surface area (Å²) < 4.78 is 26.5. The average molecular weight is 328 g/mol. The van der Waals surface area contributed by atoms with E-state index in [-0.39, 0.29) is 0 Å². The highest BCUT2D eigenvalue weighted by molar-refractivity contribution is 7.99. The van der Waals surface area contributed by atoms with Crippen LogP contribution in [0.4, 0.5) is 8.78 Å². The van der Waals surface area contributed by atoms with Gasteiger partial charge >= 0.3 is 0 Å². The fraction of sp³-hybridized carbons (Fsp3) is 0.250. The molecule has 0 aliphatic heterocycles. The molecule has 0 amide bonds. The highest BCUT2D eigenvalue weighted by Crippen LogP contribution is 2.32. The maximum Gasteiger partial charge on any atom is 0.140 e. The highest BCUT2D eigenvalue weighted by Gasteiger charge is 2.08. The highest BCUT2D eigenvalue weighted by atomic mass is 35.5. The first-order valence-electron chi connectivity index (χ1n) is 6.72. The van der Waals surface area contributed by atoms with E-state index in [4.69, 9.17) is 11.6 Å². The first-order chi connectivity index (χ1) is 10.1. The summed E-state index contributed by atoms with van der Waals surface area (Å²) in [6.45, 7) is 3.75. The van der Waals surface area contributed by atoms with E-state index in [1.807, 2.05) is 12.1 Å². The Kier molecular flexibility index (Phi) is 6.03. The lowest BCUT2D eigenvalue weighted by Gasteiger charge is -2.08. The normalized spacial score (nSPS) is 10.9. The maximum atomic E-state index is 13.6. The molecule has 0 atom stereocenters. The van der Waals surface area contributed by atoms with Gasteiger partial charge in [-0.15, -0.1) is 0 Å². The number of rotatable bonds is 6. The third-order valence-electron chi connectivity index (χ3n) is 2.89. The van der Waals surface area contributed by atoms with Crippen molar-refractivity contribution in [1.29, 1.82) is 0 Å². The standard InChI is InChI=1S/C16H16ClF2NS/c1-2-7-20-10-11-3-5-13(9-14(11)17)21-16-6-4-12(18)8-15(16)19/h3-6,8-9,20H,2,7,10H2,1H3. The number of hydrogen-bond donors (Lipinski definition) is 1. The van der Waals surface area contributed by atoms with Crippen molar-refractivity contribution in [1.82, 2.24) is 5.32 Å². The van der Waals surface area contributed by atoms with Crippen molar-refractivity contribution >= 4 is 23.4 Å².